The predicted octanol–water partition coefficient (Wildman–Crippen LogP) is 18.3. The standard InChI is InChI=1S/C66H44N4/c1-5-19-46(20-6-1)67(51-36-39-64-60(42-51)56-29-15-17-31-62(56)69(64)48-23-9-3-10-24-48)50-35-33-45-34-38-54-53-27-13-14-28-55(53)66(44-59(54)58(45)41-50)68(47-21-7-2-8-22-47)52-37-40-65-61(43-52)57-30-16-18-32-63(57)70(65)49-25-11-4-12-26-49/h1-44H. The van der Waals surface area contributed by atoms with Crippen molar-refractivity contribution in [3.05, 3.63) is 267 Å². The molecule has 0 bridgehead atoms. The third-order valence-corrected chi connectivity index (χ3v) is 14.2. The van der Waals surface area contributed by atoms with Gasteiger partial charge in [-0.25, -0.2) is 0 Å². The van der Waals surface area contributed by atoms with E-state index in [-0.39, 0.29) is 0 Å². The van der Waals surface area contributed by atoms with Crippen LogP contribution in [-0.2, 0) is 0 Å². The molecule has 0 aliphatic carbocycles. The van der Waals surface area contributed by atoms with Gasteiger partial charge in [0.2, 0.25) is 0 Å². The Morgan fingerprint density at radius 3 is 1.16 bits per heavy atom. The molecular formula is C66H44N4. The normalized spacial score (nSPS) is 11.7. The fraction of sp³-hybridized carbons (Fsp3) is 0. The number of nitrogens with zero attached hydrogens (tertiary/aromatic N) is 4. The Hall–Kier alpha value is -9.38. The number of rotatable bonds is 8. The lowest BCUT2D eigenvalue weighted by atomic mass is 9.94. The van der Waals surface area contributed by atoms with E-state index in [2.05, 4.69) is 286 Å². The van der Waals surface area contributed by atoms with E-state index in [1.165, 1.54) is 75.9 Å². The van der Waals surface area contributed by atoms with Crippen LogP contribution >= 0.6 is 0 Å². The Bertz CT molecular complexity index is 4290. The van der Waals surface area contributed by atoms with E-state index in [1.54, 1.807) is 0 Å². The highest BCUT2D eigenvalue weighted by atomic mass is 15.2. The molecule has 0 amide bonds. The molecule has 2 heterocycles. The van der Waals surface area contributed by atoms with Crippen molar-refractivity contribution in [3.63, 3.8) is 0 Å². The van der Waals surface area contributed by atoms with Crippen LogP contribution in [-0.4, -0.2) is 9.13 Å². The Morgan fingerprint density at radius 2 is 0.600 bits per heavy atom. The number of anilines is 6. The maximum Gasteiger partial charge on any atom is 0.0546 e. The third kappa shape index (κ3) is 6.31. The minimum absolute atomic E-state index is 1.09. The van der Waals surface area contributed by atoms with E-state index in [0.29, 0.717) is 0 Å². The SMILES string of the molecule is c1ccc(N(c2ccc3ccc4c5ccccc5c(N(c5ccccc5)c5ccc6c(c5)c5ccccc5n6-c5ccccc5)cc4c3c2)c2ccc3c(c2)c2ccccc2n3-c2ccccc2)cc1. The van der Waals surface area contributed by atoms with Gasteiger partial charge in [-0.3, -0.25) is 0 Å². The van der Waals surface area contributed by atoms with Gasteiger partial charge in [0.1, 0.15) is 0 Å². The summed E-state index contributed by atoms with van der Waals surface area (Å²) >= 11 is 0. The van der Waals surface area contributed by atoms with Crippen LogP contribution in [0.1, 0.15) is 0 Å². The summed E-state index contributed by atoms with van der Waals surface area (Å²) in [5.74, 6) is 0. The van der Waals surface area contributed by atoms with Gasteiger partial charge in [-0.15, -0.1) is 0 Å². The van der Waals surface area contributed by atoms with Gasteiger partial charge in [-0.05, 0) is 142 Å². The van der Waals surface area contributed by atoms with Crippen LogP contribution in [0.3, 0.4) is 0 Å². The van der Waals surface area contributed by atoms with Crippen molar-refractivity contribution < 1.29 is 0 Å². The largest absolute Gasteiger partial charge is 0.310 e. The first-order chi connectivity index (χ1) is 34.7. The minimum Gasteiger partial charge on any atom is -0.310 e. The summed E-state index contributed by atoms with van der Waals surface area (Å²) in [7, 11) is 0. The van der Waals surface area contributed by atoms with Crippen molar-refractivity contribution >= 4 is 110 Å². The monoisotopic (exact) mass is 892 g/mol. The van der Waals surface area contributed by atoms with Crippen LogP contribution in [0.5, 0.6) is 0 Å². The second kappa shape index (κ2) is 16.2. The van der Waals surface area contributed by atoms with E-state index in [1.807, 2.05) is 0 Å². The second-order valence-electron chi connectivity index (χ2n) is 18.1. The van der Waals surface area contributed by atoms with E-state index >= 15 is 0 Å². The summed E-state index contributed by atoms with van der Waals surface area (Å²) in [4.78, 5) is 4.86. The van der Waals surface area contributed by atoms with Crippen molar-refractivity contribution in [1.29, 1.82) is 0 Å². The van der Waals surface area contributed by atoms with Crippen molar-refractivity contribution in [1.82, 2.24) is 9.13 Å². The third-order valence-electron chi connectivity index (χ3n) is 14.2. The zero-order valence-electron chi connectivity index (χ0n) is 38.2. The van der Waals surface area contributed by atoms with Crippen molar-refractivity contribution in [3.8, 4) is 11.4 Å². The number of fused-ring (bicyclic) bond motifs is 11. The van der Waals surface area contributed by atoms with Crippen LogP contribution in [0.2, 0.25) is 0 Å². The van der Waals surface area contributed by atoms with Gasteiger partial charge >= 0.3 is 0 Å². The van der Waals surface area contributed by atoms with Crippen molar-refractivity contribution in [2.45, 2.75) is 0 Å². The molecule has 14 aromatic rings. The molecule has 0 spiro atoms. The maximum atomic E-state index is 2.45. The summed E-state index contributed by atoms with van der Waals surface area (Å²) in [5.41, 5.74) is 13.6. The maximum absolute atomic E-state index is 2.45. The first kappa shape index (κ1) is 39.8. The summed E-state index contributed by atoms with van der Waals surface area (Å²) in [6, 6.07) is 97.3. The number of hydrogen-bond donors (Lipinski definition) is 0. The smallest absolute Gasteiger partial charge is 0.0546 e. The molecule has 4 heteroatoms. The molecule has 0 N–H and O–H groups in total. The van der Waals surface area contributed by atoms with Crippen LogP contribution in [0, 0.1) is 0 Å². The average Bonchev–Trinajstić information content (AvgIpc) is 3.94. The number of hydrogen-bond acceptors (Lipinski definition) is 2. The fourth-order valence-electron chi connectivity index (χ4n) is 11.1. The van der Waals surface area contributed by atoms with E-state index < -0.39 is 0 Å². The van der Waals surface area contributed by atoms with E-state index in [4.69, 9.17) is 0 Å². The van der Waals surface area contributed by atoms with Crippen LogP contribution in [0.4, 0.5) is 34.1 Å². The molecule has 70 heavy (non-hydrogen) atoms. The molecule has 12 aromatic carbocycles. The molecule has 14 rings (SSSR count). The molecule has 0 aliphatic heterocycles. The van der Waals surface area contributed by atoms with Gasteiger partial charge in [-0.1, -0.05) is 152 Å². The zero-order valence-corrected chi connectivity index (χ0v) is 38.2. The van der Waals surface area contributed by atoms with Gasteiger partial charge in [-0.2, -0.15) is 0 Å². The lowest BCUT2D eigenvalue weighted by Crippen LogP contribution is -2.11. The van der Waals surface area contributed by atoms with E-state index in [0.717, 1.165) is 45.5 Å². The number of aromatic nitrogens is 2. The number of para-hydroxylation sites is 6. The fourth-order valence-corrected chi connectivity index (χ4v) is 11.1. The molecule has 0 radical (unpaired) electrons. The Balaban J connectivity index is 0.990. The van der Waals surface area contributed by atoms with Gasteiger partial charge in [0.05, 0.1) is 27.8 Å². The first-order valence-corrected chi connectivity index (χ1v) is 24.0. The molecule has 0 saturated heterocycles. The van der Waals surface area contributed by atoms with Gasteiger partial charge in [0.25, 0.3) is 0 Å². The molecule has 2 aromatic heterocycles. The van der Waals surface area contributed by atoms with Crippen molar-refractivity contribution in [2.75, 3.05) is 9.80 Å². The Labute approximate surface area is 405 Å². The summed E-state index contributed by atoms with van der Waals surface area (Å²) in [5, 5.41) is 12.1. The Morgan fingerprint density at radius 1 is 0.214 bits per heavy atom. The van der Waals surface area contributed by atoms with Gasteiger partial charge < -0.3 is 18.9 Å². The molecule has 4 nitrogen and oxygen atoms in total. The average molecular weight is 893 g/mol. The molecule has 0 fully saturated rings. The minimum atomic E-state index is 1.09. The lowest BCUT2D eigenvalue weighted by Gasteiger charge is -2.28. The van der Waals surface area contributed by atoms with E-state index in [9.17, 15) is 0 Å². The van der Waals surface area contributed by atoms with Crippen LogP contribution < -0.4 is 9.80 Å². The Kier molecular flexibility index (Phi) is 9.17. The lowest BCUT2D eigenvalue weighted by molar-refractivity contribution is 1.18. The summed E-state index contributed by atoms with van der Waals surface area (Å²) in [6.45, 7) is 0. The van der Waals surface area contributed by atoms with Crippen LogP contribution in [0.25, 0.3) is 87.3 Å². The van der Waals surface area contributed by atoms with Gasteiger partial charge in [0.15, 0.2) is 0 Å². The van der Waals surface area contributed by atoms with Crippen molar-refractivity contribution in [2.24, 2.45) is 0 Å². The highest BCUT2D eigenvalue weighted by Gasteiger charge is 2.22. The first-order valence-electron chi connectivity index (χ1n) is 24.0. The molecule has 0 aliphatic rings. The molecular weight excluding hydrogens is 849 g/mol. The molecule has 0 unspecified atom stereocenters. The summed E-state index contributed by atoms with van der Waals surface area (Å²) in [6.07, 6.45) is 0. The quantitative estimate of drug-likeness (QED) is 0.141. The molecule has 328 valence electrons. The number of benzene rings is 12. The molecule has 0 atom stereocenters. The van der Waals surface area contributed by atoms with Crippen LogP contribution in [0.15, 0.2) is 267 Å². The topological polar surface area (TPSA) is 16.3 Å². The van der Waals surface area contributed by atoms with Gasteiger partial charge in [0, 0.05) is 66.7 Å². The second-order valence-corrected chi connectivity index (χ2v) is 18.1. The highest BCUT2D eigenvalue weighted by Crippen LogP contribution is 2.47. The summed E-state index contributed by atoms with van der Waals surface area (Å²) < 4.78 is 4.77. The zero-order chi connectivity index (χ0) is 46.1. The predicted molar refractivity (Wildman–Crippen MR) is 297 cm³/mol. The highest BCUT2D eigenvalue weighted by molar-refractivity contribution is 6.22. The molecule has 0 saturated carbocycles.